The van der Waals surface area contributed by atoms with E-state index in [4.69, 9.17) is 10.7 Å². The van der Waals surface area contributed by atoms with Crippen molar-refractivity contribution in [1.82, 2.24) is 20.1 Å². The van der Waals surface area contributed by atoms with Crippen LogP contribution in [0.4, 0.5) is 0 Å². The van der Waals surface area contributed by atoms with Gasteiger partial charge >= 0.3 is 0 Å². The summed E-state index contributed by atoms with van der Waals surface area (Å²) in [5, 5.41) is 8.48. The van der Waals surface area contributed by atoms with Crippen molar-refractivity contribution >= 4 is 41.8 Å². The zero-order chi connectivity index (χ0) is 18.9. The first kappa shape index (κ1) is 25.6. The maximum atomic E-state index is 12.8. The van der Waals surface area contributed by atoms with Gasteiger partial charge in [-0.1, -0.05) is 13.8 Å². The Balaban J connectivity index is 0.00000338. The molecule has 1 amide bonds. The molecule has 0 aliphatic carbocycles. The van der Waals surface area contributed by atoms with Crippen molar-refractivity contribution in [3.63, 3.8) is 0 Å². The summed E-state index contributed by atoms with van der Waals surface area (Å²) in [6.45, 7) is 14.9. The van der Waals surface area contributed by atoms with Crippen LogP contribution in [0.25, 0.3) is 11.0 Å². The fraction of sp³-hybridized carbons (Fsp3) is 0.632. The number of aryl methyl sites for hydroxylation is 1. The first-order valence-corrected chi connectivity index (χ1v) is 8.97. The molecule has 0 fully saturated rings. The van der Waals surface area contributed by atoms with Gasteiger partial charge in [-0.05, 0) is 53.0 Å². The Labute approximate surface area is 174 Å². The molecule has 2 rings (SSSR count). The van der Waals surface area contributed by atoms with Gasteiger partial charge in [0.25, 0.3) is 5.91 Å². The predicted molar refractivity (Wildman–Crippen MR) is 116 cm³/mol. The van der Waals surface area contributed by atoms with Crippen LogP contribution < -0.4 is 11.1 Å². The smallest absolute Gasteiger partial charge is 0.252 e. The largest absolute Gasteiger partial charge is 0.352 e. The molecule has 3 N–H and O–H groups in total. The molecule has 0 spiro atoms. The Morgan fingerprint density at radius 1 is 1.26 bits per heavy atom. The Morgan fingerprint density at radius 3 is 2.33 bits per heavy atom. The normalized spacial score (nSPS) is 12.5. The summed E-state index contributed by atoms with van der Waals surface area (Å²) >= 11 is 0. The maximum Gasteiger partial charge on any atom is 0.252 e. The Bertz CT molecular complexity index is 778. The molecule has 2 aromatic rings. The molecule has 8 heteroatoms. The molecular formula is C19H33Cl2N5O. The number of aromatic nitrogens is 3. The van der Waals surface area contributed by atoms with E-state index in [0.29, 0.717) is 12.1 Å². The number of halogens is 2. The van der Waals surface area contributed by atoms with Gasteiger partial charge in [0.2, 0.25) is 0 Å². The van der Waals surface area contributed by atoms with Gasteiger partial charge in [-0.2, -0.15) is 5.10 Å². The number of pyridine rings is 1. The lowest BCUT2D eigenvalue weighted by molar-refractivity contribution is 0.0954. The fourth-order valence-corrected chi connectivity index (χ4v) is 2.76. The van der Waals surface area contributed by atoms with Crippen molar-refractivity contribution in [3.05, 3.63) is 23.0 Å². The fourth-order valence-electron chi connectivity index (χ4n) is 2.76. The summed E-state index contributed by atoms with van der Waals surface area (Å²) in [6.07, 6.45) is 0.747. The number of carbonyl (C=O) groups excluding carboxylic acids is 1. The summed E-state index contributed by atoms with van der Waals surface area (Å²) in [4.78, 5) is 17.6. The Hall–Kier alpha value is -1.37. The number of carbonyl (C=O) groups is 1. The lowest BCUT2D eigenvalue weighted by Gasteiger charge is -2.20. The van der Waals surface area contributed by atoms with E-state index in [2.05, 4.69) is 45.0 Å². The molecular weight excluding hydrogens is 385 g/mol. The van der Waals surface area contributed by atoms with Crippen LogP contribution in [0.1, 0.15) is 75.6 Å². The minimum Gasteiger partial charge on any atom is -0.352 e. The van der Waals surface area contributed by atoms with E-state index in [1.807, 2.05) is 24.6 Å². The maximum absolute atomic E-state index is 12.8. The van der Waals surface area contributed by atoms with Crippen molar-refractivity contribution in [2.24, 2.45) is 5.73 Å². The summed E-state index contributed by atoms with van der Waals surface area (Å²) in [7, 11) is 0. The van der Waals surface area contributed by atoms with Gasteiger partial charge in [0.05, 0.1) is 22.2 Å². The van der Waals surface area contributed by atoms with Crippen LogP contribution >= 0.6 is 24.8 Å². The Morgan fingerprint density at radius 2 is 1.85 bits per heavy atom. The van der Waals surface area contributed by atoms with E-state index in [9.17, 15) is 4.79 Å². The van der Waals surface area contributed by atoms with E-state index >= 15 is 0 Å². The molecule has 2 heterocycles. The average Bonchev–Trinajstić information content (AvgIpc) is 2.83. The number of nitrogens with two attached hydrogens (primary N) is 1. The molecule has 0 radical (unpaired) electrons. The second-order valence-corrected chi connectivity index (χ2v) is 8.14. The second kappa shape index (κ2) is 9.71. The number of fused-ring (bicyclic) bond motifs is 1. The topological polar surface area (TPSA) is 85.8 Å². The third-order valence-electron chi connectivity index (χ3n) is 4.19. The van der Waals surface area contributed by atoms with Gasteiger partial charge in [-0.3, -0.25) is 4.79 Å². The van der Waals surface area contributed by atoms with E-state index in [1.165, 1.54) is 0 Å². The minimum atomic E-state index is -0.210. The predicted octanol–water partition coefficient (Wildman–Crippen LogP) is 3.93. The van der Waals surface area contributed by atoms with Gasteiger partial charge in [-0.15, -0.1) is 24.8 Å². The van der Waals surface area contributed by atoms with Gasteiger partial charge < -0.3 is 11.1 Å². The number of hydrogen-bond acceptors (Lipinski definition) is 4. The molecule has 154 valence electrons. The number of rotatable bonds is 5. The van der Waals surface area contributed by atoms with Crippen molar-refractivity contribution in [1.29, 1.82) is 0 Å². The van der Waals surface area contributed by atoms with E-state index < -0.39 is 0 Å². The second-order valence-electron chi connectivity index (χ2n) is 8.14. The monoisotopic (exact) mass is 417 g/mol. The summed E-state index contributed by atoms with van der Waals surface area (Å²) in [5.41, 5.74) is 8.70. The van der Waals surface area contributed by atoms with Gasteiger partial charge in [0, 0.05) is 18.3 Å². The van der Waals surface area contributed by atoms with Crippen molar-refractivity contribution in [2.75, 3.05) is 6.54 Å². The summed E-state index contributed by atoms with van der Waals surface area (Å²) in [6, 6.07) is 1.96. The zero-order valence-corrected chi connectivity index (χ0v) is 18.9. The van der Waals surface area contributed by atoms with Crippen LogP contribution in [0.5, 0.6) is 0 Å². The molecule has 1 atom stereocenters. The third kappa shape index (κ3) is 5.80. The summed E-state index contributed by atoms with van der Waals surface area (Å²) in [5.74, 6) is 0.134. The quantitative estimate of drug-likeness (QED) is 0.771. The average molecular weight is 418 g/mol. The minimum absolute atomic E-state index is 0. The molecule has 27 heavy (non-hydrogen) atoms. The lowest BCUT2D eigenvalue weighted by atomic mass is 10.0. The highest BCUT2D eigenvalue weighted by atomic mass is 35.5. The van der Waals surface area contributed by atoms with Crippen LogP contribution in [0.2, 0.25) is 0 Å². The molecule has 6 nitrogen and oxygen atoms in total. The molecule has 0 aromatic carbocycles. The molecule has 0 aliphatic rings. The van der Waals surface area contributed by atoms with Gasteiger partial charge in [-0.25, -0.2) is 9.67 Å². The SMILES string of the molecule is Cc1nn(C(C)(C)C)c2nc(C(C)C)cc(C(=O)NCCC(C)N)c12.Cl.Cl. The first-order valence-electron chi connectivity index (χ1n) is 8.97. The highest BCUT2D eigenvalue weighted by Gasteiger charge is 2.25. The molecule has 2 aromatic heterocycles. The Kier molecular flexibility index (Phi) is 9.22. The van der Waals surface area contributed by atoms with Crippen molar-refractivity contribution in [2.45, 2.75) is 72.4 Å². The molecule has 1 unspecified atom stereocenters. The zero-order valence-electron chi connectivity index (χ0n) is 17.3. The van der Waals surface area contributed by atoms with Crippen LogP contribution in [-0.4, -0.2) is 33.3 Å². The number of nitrogens with one attached hydrogen (secondary N) is 1. The van der Waals surface area contributed by atoms with Crippen LogP contribution in [0, 0.1) is 6.92 Å². The number of hydrogen-bond donors (Lipinski definition) is 2. The summed E-state index contributed by atoms with van der Waals surface area (Å²) < 4.78 is 1.92. The molecule has 0 bridgehead atoms. The molecule has 0 aliphatic heterocycles. The van der Waals surface area contributed by atoms with Crippen LogP contribution in [-0.2, 0) is 5.54 Å². The van der Waals surface area contributed by atoms with E-state index in [1.54, 1.807) is 0 Å². The van der Waals surface area contributed by atoms with Gasteiger partial charge in [0.1, 0.15) is 0 Å². The number of nitrogens with zero attached hydrogens (tertiary/aromatic N) is 3. The number of amides is 1. The highest BCUT2D eigenvalue weighted by Crippen LogP contribution is 2.28. The molecule has 0 saturated carbocycles. The van der Waals surface area contributed by atoms with E-state index in [-0.39, 0.29) is 48.2 Å². The third-order valence-corrected chi connectivity index (χ3v) is 4.19. The highest BCUT2D eigenvalue weighted by molar-refractivity contribution is 6.06. The lowest BCUT2D eigenvalue weighted by Crippen LogP contribution is -2.29. The van der Waals surface area contributed by atoms with Crippen LogP contribution in [0.15, 0.2) is 6.07 Å². The van der Waals surface area contributed by atoms with Crippen molar-refractivity contribution < 1.29 is 4.79 Å². The van der Waals surface area contributed by atoms with Gasteiger partial charge in [0.15, 0.2) is 5.65 Å². The standard InChI is InChI=1S/C19H31N5O.2ClH/c1-11(2)15-10-14(18(25)21-9-8-12(3)20)16-13(4)23-24(17(16)22-15)19(5,6)7;;/h10-12H,8-9,20H2,1-7H3,(H,21,25);2*1H. The first-order chi connectivity index (χ1) is 11.5. The molecule has 0 saturated heterocycles. The van der Waals surface area contributed by atoms with Crippen LogP contribution in [0.3, 0.4) is 0 Å². The van der Waals surface area contributed by atoms with E-state index in [0.717, 1.165) is 28.8 Å². The van der Waals surface area contributed by atoms with Crippen molar-refractivity contribution in [3.8, 4) is 0 Å².